The first-order valence-corrected chi connectivity index (χ1v) is 10.9. The molecule has 10 nitrogen and oxygen atoms in total. The van der Waals surface area contributed by atoms with E-state index in [0.29, 0.717) is 23.6 Å². The van der Waals surface area contributed by atoms with Gasteiger partial charge in [-0.05, 0) is 37.2 Å². The molecule has 0 bridgehead atoms. The molecule has 4 aromatic rings. The molecule has 0 radical (unpaired) electrons. The van der Waals surface area contributed by atoms with E-state index in [-0.39, 0.29) is 16.9 Å². The number of hydrogen-bond acceptors (Lipinski definition) is 7. The van der Waals surface area contributed by atoms with Crippen LogP contribution in [0.15, 0.2) is 36.9 Å². The Hall–Kier alpha value is -4.18. The molecule has 2 N–H and O–H groups in total. The number of aryl methyl sites for hydroxylation is 1. The summed E-state index contributed by atoms with van der Waals surface area (Å²) in [5.41, 5.74) is 9.63. The van der Waals surface area contributed by atoms with Crippen molar-refractivity contribution in [1.29, 1.82) is 10.5 Å². The van der Waals surface area contributed by atoms with Crippen molar-refractivity contribution in [1.82, 2.24) is 34.2 Å². The average Bonchev–Trinajstić information content (AvgIpc) is 3.48. The number of hydrogen-bond donors (Lipinski definition) is 1. The Morgan fingerprint density at radius 2 is 2.00 bits per heavy atom. The summed E-state index contributed by atoms with van der Waals surface area (Å²) in [7, 11) is 1.79. The van der Waals surface area contributed by atoms with Crippen LogP contribution in [0.4, 0.5) is 5.82 Å². The van der Waals surface area contributed by atoms with Gasteiger partial charge in [-0.3, -0.25) is 9.36 Å². The zero-order valence-electron chi connectivity index (χ0n) is 18.2. The van der Waals surface area contributed by atoms with Gasteiger partial charge in [-0.15, -0.1) is 0 Å². The lowest BCUT2D eigenvalue weighted by molar-refractivity contribution is -0.108. The quantitative estimate of drug-likeness (QED) is 0.516. The number of nitrogens with two attached hydrogens (primary N) is 1. The fourth-order valence-corrected chi connectivity index (χ4v) is 5.80. The van der Waals surface area contributed by atoms with Crippen LogP contribution in [0.1, 0.15) is 32.1 Å². The Kier molecular flexibility index (Phi) is 3.93. The number of rotatable bonds is 4. The van der Waals surface area contributed by atoms with Crippen molar-refractivity contribution in [2.45, 2.75) is 37.6 Å². The molecule has 6 rings (SSSR count). The second-order valence-corrected chi connectivity index (χ2v) is 9.53. The first kappa shape index (κ1) is 19.5. The Morgan fingerprint density at radius 1 is 1.18 bits per heavy atom. The average molecular weight is 438 g/mol. The summed E-state index contributed by atoms with van der Waals surface area (Å²) in [5.74, 6) is 0.703. The van der Waals surface area contributed by atoms with Crippen LogP contribution in [0.3, 0.4) is 0 Å². The van der Waals surface area contributed by atoms with Crippen LogP contribution in [-0.4, -0.2) is 34.2 Å². The van der Waals surface area contributed by atoms with Crippen LogP contribution in [0.5, 0.6) is 0 Å². The highest BCUT2D eigenvalue weighted by molar-refractivity contribution is 5.78. The number of fused-ring (bicyclic) bond motifs is 1. The molecule has 0 amide bonds. The van der Waals surface area contributed by atoms with E-state index in [4.69, 9.17) is 16.0 Å². The summed E-state index contributed by atoms with van der Waals surface area (Å²) in [6.07, 6.45) is 11.4. The molecule has 0 unspecified atom stereocenters. The number of nitrogens with zero attached hydrogens (tertiary/aromatic N) is 9. The third-order valence-electron chi connectivity index (χ3n) is 7.27. The summed E-state index contributed by atoms with van der Waals surface area (Å²) in [6, 6.07) is 8.42. The molecule has 2 fully saturated rings. The maximum atomic E-state index is 9.52. The number of aromatic nitrogens is 7. The van der Waals surface area contributed by atoms with Crippen LogP contribution in [0.25, 0.3) is 28.2 Å². The topological polar surface area (TPSA) is 139 Å². The van der Waals surface area contributed by atoms with E-state index in [1.165, 1.54) is 0 Å². The zero-order chi connectivity index (χ0) is 22.8. The molecule has 1 spiro atoms. The SMILES string of the molecule is Cn1nc(-c2cn3nccc3c(-c3cnn(C4(CC#N)CC5(CC(C#N)C5)C4)c3)n2)cc1N. The number of anilines is 1. The highest BCUT2D eigenvalue weighted by Gasteiger charge is 2.61. The van der Waals surface area contributed by atoms with Crippen molar-refractivity contribution in [3.8, 4) is 34.8 Å². The van der Waals surface area contributed by atoms with Crippen LogP contribution < -0.4 is 5.73 Å². The number of nitriles is 2. The van der Waals surface area contributed by atoms with E-state index in [1.807, 2.05) is 23.1 Å². The number of nitrogen functional groups attached to an aromatic ring is 1. The standard InChI is InChI=1S/C23H22N10/c1-31-20(26)6-17(30-31)18-12-32-19(2-5-27-32)21(29-18)16-10-28-33(11-16)23(3-4-24)13-22(14-23)7-15(8-22)9-25/h2,5-6,10-12,15H,3,7-8,13-14,26H2,1H3. The largest absolute Gasteiger partial charge is 0.384 e. The fraction of sp³-hybridized carbons (Fsp3) is 0.391. The van der Waals surface area contributed by atoms with Crippen LogP contribution in [0, 0.1) is 34.0 Å². The van der Waals surface area contributed by atoms with Gasteiger partial charge in [0.2, 0.25) is 0 Å². The van der Waals surface area contributed by atoms with Gasteiger partial charge in [-0.1, -0.05) is 0 Å². The molecule has 10 heteroatoms. The summed E-state index contributed by atoms with van der Waals surface area (Å²) < 4.78 is 5.33. The van der Waals surface area contributed by atoms with Crippen molar-refractivity contribution in [3.63, 3.8) is 0 Å². The van der Waals surface area contributed by atoms with Crippen molar-refractivity contribution < 1.29 is 0 Å². The minimum absolute atomic E-state index is 0.154. The Bertz CT molecular complexity index is 1440. The molecule has 2 aliphatic carbocycles. The van der Waals surface area contributed by atoms with Crippen molar-refractivity contribution in [3.05, 3.63) is 36.9 Å². The zero-order valence-corrected chi connectivity index (χ0v) is 18.2. The molecule has 164 valence electrons. The van der Waals surface area contributed by atoms with Gasteiger partial charge in [0.05, 0.1) is 53.9 Å². The maximum absolute atomic E-state index is 9.52. The van der Waals surface area contributed by atoms with Crippen LogP contribution >= 0.6 is 0 Å². The molecule has 0 aliphatic heterocycles. The van der Waals surface area contributed by atoms with Gasteiger partial charge in [-0.25, -0.2) is 9.50 Å². The molecule has 2 aliphatic rings. The van der Waals surface area contributed by atoms with E-state index < -0.39 is 0 Å². The predicted molar refractivity (Wildman–Crippen MR) is 119 cm³/mol. The smallest absolute Gasteiger partial charge is 0.122 e. The minimum atomic E-state index is -0.322. The summed E-state index contributed by atoms with van der Waals surface area (Å²) in [6.45, 7) is 0. The third kappa shape index (κ3) is 2.84. The summed E-state index contributed by atoms with van der Waals surface area (Å²) in [4.78, 5) is 4.88. The Labute approximate surface area is 189 Å². The lowest BCUT2D eigenvalue weighted by atomic mass is 9.45. The molecular weight excluding hydrogens is 416 g/mol. The first-order valence-electron chi connectivity index (χ1n) is 10.9. The fourth-order valence-electron chi connectivity index (χ4n) is 5.80. The van der Waals surface area contributed by atoms with E-state index in [0.717, 1.165) is 42.5 Å². The normalized spacial score (nSPS) is 26.0. The minimum Gasteiger partial charge on any atom is -0.384 e. The van der Waals surface area contributed by atoms with Gasteiger partial charge in [0.1, 0.15) is 17.2 Å². The van der Waals surface area contributed by atoms with Crippen LogP contribution in [-0.2, 0) is 12.6 Å². The van der Waals surface area contributed by atoms with Gasteiger partial charge in [0.15, 0.2) is 0 Å². The Morgan fingerprint density at radius 3 is 2.70 bits per heavy atom. The van der Waals surface area contributed by atoms with Gasteiger partial charge >= 0.3 is 0 Å². The highest BCUT2D eigenvalue weighted by atomic mass is 15.3. The highest BCUT2D eigenvalue weighted by Crippen LogP contribution is 2.66. The summed E-state index contributed by atoms with van der Waals surface area (Å²) in [5, 5.41) is 32.2. The van der Waals surface area contributed by atoms with E-state index in [9.17, 15) is 5.26 Å². The van der Waals surface area contributed by atoms with E-state index in [1.54, 1.807) is 34.7 Å². The van der Waals surface area contributed by atoms with Gasteiger partial charge in [-0.2, -0.15) is 25.8 Å². The third-order valence-corrected chi connectivity index (χ3v) is 7.27. The van der Waals surface area contributed by atoms with Gasteiger partial charge < -0.3 is 5.73 Å². The van der Waals surface area contributed by atoms with Crippen LogP contribution in [0.2, 0.25) is 0 Å². The first-order chi connectivity index (χ1) is 15.9. The second-order valence-electron chi connectivity index (χ2n) is 9.53. The van der Waals surface area contributed by atoms with Crippen molar-refractivity contribution in [2.24, 2.45) is 18.4 Å². The molecule has 4 aromatic heterocycles. The van der Waals surface area contributed by atoms with Gasteiger partial charge in [0, 0.05) is 30.8 Å². The van der Waals surface area contributed by atoms with Gasteiger partial charge in [0.25, 0.3) is 0 Å². The van der Waals surface area contributed by atoms with Crippen molar-refractivity contribution in [2.75, 3.05) is 5.73 Å². The van der Waals surface area contributed by atoms with Crippen molar-refractivity contribution >= 4 is 11.3 Å². The molecule has 0 saturated heterocycles. The van der Waals surface area contributed by atoms with E-state index in [2.05, 4.69) is 27.4 Å². The molecule has 0 atom stereocenters. The second kappa shape index (κ2) is 6.66. The molecule has 33 heavy (non-hydrogen) atoms. The molecule has 4 heterocycles. The van der Waals surface area contributed by atoms with E-state index >= 15 is 0 Å². The summed E-state index contributed by atoms with van der Waals surface area (Å²) >= 11 is 0. The Balaban J connectivity index is 1.38. The predicted octanol–water partition coefficient (Wildman–Crippen LogP) is 2.90. The monoisotopic (exact) mass is 438 g/mol. The molecule has 0 aromatic carbocycles. The lowest BCUT2D eigenvalue weighted by Gasteiger charge is -2.61. The molecular formula is C23H22N10. The molecule has 2 saturated carbocycles. The maximum Gasteiger partial charge on any atom is 0.122 e. The lowest BCUT2D eigenvalue weighted by Crippen LogP contribution is -2.58.